The van der Waals surface area contributed by atoms with Crippen LogP contribution in [-0.2, 0) is 7.05 Å². The Labute approximate surface area is 68.9 Å². The van der Waals surface area contributed by atoms with Crippen molar-refractivity contribution in [2.24, 2.45) is 7.05 Å². The van der Waals surface area contributed by atoms with Crippen LogP contribution in [0.4, 0.5) is 0 Å². The standard InChI is InChI=1S/C4H6N2.C4H12N/c1-6-3-2-5-4-6;1-5(2,3)4/h2-4H,1H3;1-4H3/q;+1. The second-order valence-corrected chi connectivity index (χ2v) is 3.91. The average Bonchev–Trinajstić information content (AvgIpc) is 2.12. The maximum atomic E-state index is 3.78. The molecular weight excluding hydrogens is 138 g/mol. The Hall–Kier alpha value is -0.830. The molecule has 0 amide bonds. The Morgan fingerprint density at radius 1 is 1.18 bits per heavy atom. The molecule has 11 heavy (non-hydrogen) atoms. The van der Waals surface area contributed by atoms with Gasteiger partial charge in [0.1, 0.15) is 0 Å². The fourth-order valence-corrected chi connectivity index (χ4v) is 0.326. The molecule has 1 aromatic rings. The lowest BCUT2D eigenvalue weighted by atomic mass is 10.8. The monoisotopic (exact) mass is 156 g/mol. The molecule has 0 aliphatic carbocycles. The molecule has 0 spiro atoms. The van der Waals surface area contributed by atoms with Crippen LogP contribution in [0.2, 0.25) is 0 Å². The number of nitrogens with zero attached hydrogens (tertiary/aromatic N) is 3. The molecule has 3 nitrogen and oxygen atoms in total. The number of aryl methyl sites for hydroxylation is 1. The summed E-state index contributed by atoms with van der Waals surface area (Å²) in [5.74, 6) is 0. The van der Waals surface area contributed by atoms with Crippen LogP contribution < -0.4 is 0 Å². The van der Waals surface area contributed by atoms with Gasteiger partial charge in [-0.2, -0.15) is 0 Å². The Morgan fingerprint density at radius 2 is 1.64 bits per heavy atom. The highest BCUT2D eigenvalue weighted by Crippen LogP contribution is 1.74. The fraction of sp³-hybridized carbons (Fsp3) is 0.625. The zero-order valence-corrected chi connectivity index (χ0v) is 8.07. The molecule has 0 aromatic carbocycles. The van der Waals surface area contributed by atoms with Gasteiger partial charge in [-0.25, -0.2) is 4.98 Å². The molecule has 0 radical (unpaired) electrons. The summed E-state index contributed by atoms with van der Waals surface area (Å²) < 4.78 is 2.89. The summed E-state index contributed by atoms with van der Waals surface area (Å²) in [6.07, 6.45) is 5.39. The zero-order valence-electron chi connectivity index (χ0n) is 8.07. The smallest absolute Gasteiger partial charge is 0.0943 e. The van der Waals surface area contributed by atoms with Gasteiger partial charge in [-0.15, -0.1) is 0 Å². The highest BCUT2D eigenvalue weighted by Gasteiger charge is 1.88. The highest BCUT2D eigenvalue weighted by atomic mass is 15.2. The normalized spacial score (nSPS) is 10.3. The molecular formula is C8H18N3+. The van der Waals surface area contributed by atoms with Crippen LogP contribution in [0.15, 0.2) is 18.7 Å². The van der Waals surface area contributed by atoms with E-state index in [0.717, 1.165) is 4.48 Å². The number of rotatable bonds is 0. The second-order valence-electron chi connectivity index (χ2n) is 3.91. The van der Waals surface area contributed by atoms with E-state index in [2.05, 4.69) is 33.2 Å². The maximum absolute atomic E-state index is 3.78. The molecule has 3 heteroatoms. The minimum absolute atomic E-state index is 1.00. The minimum Gasteiger partial charge on any atom is -0.341 e. The molecule has 0 bridgehead atoms. The molecule has 1 heterocycles. The first-order valence-corrected chi connectivity index (χ1v) is 3.60. The number of hydrogen-bond acceptors (Lipinski definition) is 1. The average molecular weight is 156 g/mol. The van der Waals surface area contributed by atoms with Crippen LogP contribution in [0.1, 0.15) is 0 Å². The van der Waals surface area contributed by atoms with E-state index >= 15 is 0 Å². The molecule has 0 unspecified atom stereocenters. The van der Waals surface area contributed by atoms with Gasteiger partial charge in [-0.05, 0) is 0 Å². The molecule has 0 aliphatic heterocycles. The number of aromatic nitrogens is 2. The number of hydrogen-bond donors (Lipinski definition) is 0. The third-order valence-corrected chi connectivity index (χ3v) is 0.637. The van der Waals surface area contributed by atoms with Gasteiger partial charge in [0.05, 0.1) is 34.5 Å². The van der Waals surface area contributed by atoms with Crippen molar-refractivity contribution in [2.45, 2.75) is 0 Å². The van der Waals surface area contributed by atoms with Gasteiger partial charge in [0, 0.05) is 19.4 Å². The fourth-order valence-electron chi connectivity index (χ4n) is 0.326. The van der Waals surface area contributed by atoms with Gasteiger partial charge in [0.2, 0.25) is 0 Å². The van der Waals surface area contributed by atoms with Crippen LogP contribution in [0.3, 0.4) is 0 Å². The third-order valence-electron chi connectivity index (χ3n) is 0.637. The Bertz CT molecular complexity index is 166. The summed E-state index contributed by atoms with van der Waals surface area (Å²) in [5, 5.41) is 0. The molecule has 0 fully saturated rings. The van der Waals surface area contributed by atoms with E-state index in [4.69, 9.17) is 0 Å². The summed E-state index contributed by atoms with van der Waals surface area (Å²) in [6, 6.07) is 0. The Morgan fingerprint density at radius 3 is 1.73 bits per heavy atom. The quantitative estimate of drug-likeness (QED) is 0.507. The predicted octanol–water partition coefficient (Wildman–Crippen LogP) is 0.742. The maximum Gasteiger partial charge on any atom is 0.0943 e. The minimum atomic E-state index is 1.00. The number of imidazole rings is 1. The van der Waals surface area contributed by atoms with Gasteiger partial charge >= 0.3 is 0 Å². The summed E-state index contributed by atoms with van der Waals surface area (Å²) in [4.78, 5) is 3.78. The Kier molecular flexibility index (Phi) is 3.82. The van der Waals surface area contributed by atoms with Crippen LogP contribution >= 0.6 is 0 Å². The topological polar surface area (TPSA) is 17.8 Å². The lowest BCUT2D eigenvalue weighted by molar-refractivity contribution is -0.849. The third kappa shape index (κ3) is 12.4. The first kappa shape index (κ1) is 10.2. The van der Waals surface area contributed by atoms with Crippen LogP contribution in [0.25, 0.3) is 0 Å². The van der Waals surface area contributed by atoms with Crippen molar-refractivity contribution in [3.8, 4) is 0 Å². The van der Waals surface area contributed by atoms with Gasteiger partial charge in [-0.3, -0.25) is 0 Å². The van der Waals surface area contributed by atoms with Crippen molar-refractivity contribution in [1.82, 2.24) is 9.55 Å². The van der Waals surface area contributed by atoms with E-state index in [9.17, 15) is 0 Å². The zero-order chi connectivity index (χ0) is 8.91. The van der Waals surface area contributed by atoms with E-state index < -0.39 is 0 Å². The van der Waals surface area contributed by atoms with Crippen molar-refractivity contribution in [2.75, 3.05) is 28.2 Å². The van der Waals surface area contributed by atoms with Gasteiger partial charge in [0.15, 0.2) is 0 Å². The van der Waals surface area contributed by atoms with E-state index in [1.165, 1.54) is 0 Å². The second kappa shape index (κ2) is 4.13. The molecule has 64 valence electrons. The first-order valence-electron chi connectivity index (χ1n) is 3.60. The van der Waals surface area contributed by atoms with Crippen molar-refractivity contribution >= 4 is 0 Å². The van der Waals surface area contributed by atoms with Crippen molar-refractivity contribution in [1.29, 1.82) is 0 Å². The summed E-state index contributed by atoms with van der Waals surface area (Å²) >= 11 is 0. The van der Waals surface area contributed by atoms with Gasteiger partial charge < -0.3 is 9.05 Å². The Balaban J connectivity index is 0.000000187. The van der Waals surface area contributed by atoms with E-state index in [1.54, 1.807) is 12.5 Å². The lowest BCUT2D eigenvalue weighted by Crippen LogP contribution is -2.27. The van der Waals surface area contributed by atoms with Gasteiger partial charge in [-0.1, -0.05) is 0 Å². The highest BCUT2D eigenvalue weighted by molar-refractivity contribution is 4.70. The summed E-state index contributed by atoms with van der Waals surface area (Å²) in [5.41, 5.74) is 0. The molecule has 0 aliphatic rings. The molecule has 1 aromatic heterocycles. The van der Waals surface area contributed by atoms with Crippen LogP contribution in [0, 0.1) is 0 Å². The van der Waals surface area contributed by atoms with E-state index in [-0.39, 0.29) is 0 Å². The molecule has 0 saturated heterocycles. The first-order chi connectivity index (χ1) is 4.89. The lowest BCUT2D eigenvalue weighted by Gasteiger charge is -2.14. The molecule has 1 rings (SSSR count). The predicted molar refractivity (Wildman–Crippen MR) is 47.2 cm³/mol. The largest absolute Gasteiger partial charge is 0.341 e. The van der Waals surface area contributed by atoms with Crippen LogP contribution in [-0.4, -0.2) is 42.2 Å². The van der Waals surface area contributed by atoms with Gasteiger partial charge in [0.25, 0.3) is 0 Å². The molecule has 0 atom stereocenters. The molecule has 0 saturated carbocycles. The molecule has 0 N–H and O–H groups in total. The van der Waals surface area contributed by atoms with Crippen molar-refractivity contribution in [3.05, 3.63) is 18.7 Å². The summed E-state index contributed by atoms with van der Waals surface area (Å²) in [6.45, 7) is 0. The van der Waals surface area contributed by atoms with Crippen molar-refractivity contribution in [3.63, 3.8) is 0 Å². The number of quaternary nitrogens is 1. The van der Waals surface area contributed by atoms with Crippen LogP contribution in [0.5, 0.6) is 0 Å². The van der Waals surface area contributed by atoms with E-state index in [0.29, 0.717) is 0 Å². The SMILES string of the molecule is C[N+](C)(C)C.Cn1ccnc1. The van der Waals surface area contributed by atoms with Crippen molar-refractivity contribution < 1.29 is 4.48 Å². The summed E-state index contributed by atoms with van der Waals surface area (Å²) in [7, 11) is 10.4. The van der Waals surface area contributed by atoms with E-state index in [1.807, 2.05) is 17.8 Å².